The summed E-state index contributed by atoms with van der Waals surface area (Å²) in [6.45, 7) is 1.88. The van der Waals surface area contributed by atoms with Gasteiger partial charge in [-0.05, 0) is 36.3 Å². The van der Waals surface area contributed by atoms with Crippen molar-refractivity contribution in [3.05, 3.63) is 83.7 Å². The number of rotatable bonds is 2. The van der Waals surface area contributed by atoms with Crippen LogP contribution in [0.1, 0.15) is 18.9 Å². The van der Waals surface area contributed by atoms with Crippen LogP contribution in [-0.2, 0) is 5.67 Å². The summed E-state index contributed by atoms with van der Waals surface area (Å²) in [5, 5.41) is 0. The first-order chi connectivity index (χ1) is 10.1. The summed E-state index contributed by atoms with van der Waals surface area (Å²) < 4.78 is 28.8. The molecular weight excluding hydrogens is 266 g/mol. The van der Waals surface area contributed by atoms with Crippen molar-refractivity contribution in [3.8, 4) is 11.1 Å². The van der Waals surface area contributed by atoms with Crippen LogP contribution < -0.4 is 0 Å². The molecule has 0 nitrogen and oxygen atoms in total. The summed E-state index contributed by atoms with van der Waals surface area (Å²) in [6.07, 6.45) is 5.71. The van der Waals surface area contributed by atoms with Crippen LogP contribution in [0.15, 0.2) is 72.3 Å². The van der Waals surface area contributed by atoms with E-state index in [1.807, 2.05) is 37.3 Å². The lowest BCUT2D eigenvalue weighted by atomic mass is 9.83. The summed E-state index contributed by atoms with van der Waals surface area (Å²) in [5.41, 5.74) is 1.38. The smallest absolute Gasteiger partial charge is 0.158 e. The molecule has 0 spiro atoms. The fourth-order valence-corrected chi connectivity index (χ4v) is 2.83. The van der Waals surface area contributed by atoms with Gasteiger partial charge in [-0.2, -0.15) is 0 Å². The van der Waals surface area contributed by atoms with E-state index in [1.54, 1.807) is 24.3 Å². The van der Waals surface area contributed by atoms with Gasteiger partial charge in [-0.1, -0.05) is 54.1 Å². The zero-order chi connectivity index (χ0) is 14.9. The van der Waals surface area contributed by atoms with E-state index in [4.69, 9.17) is 0 Å². The number of alkyl halides is 1. The number of halogens is 2. The molecule has 0 fully saturated rings. The number of allylic oxidation sites excluding steroid dienone is 4. The highest BCUT2D eigenvalue weighted by atomic mass is 19.1. The van der Waals surface area contributed by atoms with E-state index < -0.39 is 5.67 Å². The van der Waals surface area contributed by atoms with Gasteiger partial charge in [-0.3, -0.25) is 0 Å². The van der Waals surface area contributed by atoms with Crippen molar-refractivity contribution in [1.29, 1.82) is 0 Å². The molecule has 0 amide bonds. The molecule has 3 rings (SSSR count). The SMILES string of the molecule is CC1=CC(F)(c2ccccc2-c2cccc(F)c2)CC=C1. The van der Waals surface area contributed by atoms with Crippen molar-refractivity contribution in [2.45, 2.75) is 19.0 Å². The normalized spacial score (nSPS) is 21.2. The molecule has 0 heterocycles. The second-order valence-electron chi connectivity index (χ2n) is 5.41. The Morgan fingerprint density at radius 3 is 2.62 bits per heavy atom. The lowest BCUT2D eigenvalue weighted by Gasteiger charge is -2.26. The van der Waals surface area contributed by atoms with Gasteiger partial charge in [-0.25, -0.2) is 8.78 Å². The monoisotopic (exact) mass is 282 g/mol. The van der Waals surface area contributed by atoms with Crippen LogP contribution in [0.3, 0.4) is 0 Å². The topological polar surface area (TPSA) is 0 Å². The molecule has 106 valence electrons. The predicted octanol–water partition coefficient (Wildman–Crippen LogP) is 5.56. The van der Waals surface area contributed by atoms with Gasteiger partial charge in [0.1, 0.15) is 5.82 Å². The van der Waals surface area contributed by atoms with Crippen molar-refractivity contribution in [2.75, 3.05) is 0 Å². The van der Waals surface area contributed by atoms with Crippen molar-refractivity contribution in [2.24, 2.45) is 0 Å². The van der Waals surface area contributed by atoms with Crippen molar-refractivity contribution in [1.82, 2.24) is 0 Å². The molecule has 1 aliphatic rings. The number of hydrogen-bond acceptors (Lipinski definition) is 0. The maximum absolute atomic E-state index is 15.4. The molecule has 1 atom stereocenters. The van der Waals surface area contributed by atoms with E-state index in [0.717, 1.165) is 11.1 Å². The molecule has 0 saturated carbocycles. The first kappa shape index (κ1) is 13.7. The Kier molecular flexibility index (Phi) is 3.46. The van der Waals surface area contributed by atoms with Crippen LogP contribution in [-0.4, -0.2) is 0 Å². The standard InChI is InChI=1S/C19H16F2/c1-14-6-5-11-19(21,13-14)18-10-3-2-9-17(18)15-7-4-8-16(20)12-15/h2-10,12-13H,11H2,1H3. The van der Waals surface area contributed by atoms with Gasteiger partial charge < -0.3 is 0 Å². The Labute approximate surface area is 123 Å². The second kappa shape index (κ2) is 5.28. The van der Waals surface area contributed by atoms with E-state index in [9.17, 15) is 4.39 Å². The van der Waals surface area contributed by atoms with E-state index in [-0.39, 0.29) is 5.82 Å². The molecule has 0 aromatic heterocycles. The summed E-state index contributed by atoms with van der Waals surface area (Å²) >= 11 is 0. The van der Waals surface area contributed by atoms with Gasteiger partial charge in [0.15, 0.2) is 5.67 Å². The second-order valence-corrected chi connectivity index (χ2v) is 5.41. The summed E-state index contributed by atoms with van der Waals surface area (Å²) in [6, 6.07) is 13.6. The van der Waals surface area contributed by atoms with Crippen molar-refractivity contribution < 1.29 is 8.78 Å². The molecule has 1 aliphatic carbocycles. The zero-order valence-electron chi connectivity index (χ0n) is 11.8. The summed E-state index contributed by atoms with van der Waals surface area (Å²) in [4.78, 5) is 0. The molecule has 0 saturated heterocycles. The molecule has 0 radical (unpaired) electrons. The van der Waals surface area contributed by atoms with Crippen LogP contribution >= 0.6 is 0 Å². The van der Waals surface area contributed by atoms with Gasteiger partial charge in [0.2, 0.25) is 0 Å². The third kappa shape index (κ3) is 2.66. The maximum atomic E-state index is 15.4. The first-order valence-electron chi connectivity index (χ1n) is 6.99. The molecule has 2 heteroatoms. The Morgan fingerprint density at radius 1 is 1.05 bits per heavy atom. The van der Waals surface area contributed by atoms with E-state index >= 15 is 4.39 Å². The fourth-order valence-electron chi connectivity index (χ4n) is 2.83. The highest BCUT2D eigenvalue weighted by Gasteiger charge is 2.32. The number of hydrogen-bond donors (Lipinski definition) is 0. The average molecular weight is 282 g/mol. The molecule has 0 N–H and O–H groups in total. The van der Waals surface area contributed by atoms with Gasteiger partial charge in [0.05, 0.1) is 0 Å². The van der Waals surface area contributed by atoms with E-state index in [2.05, 4.69) is 0 Å². The quantitative estimate of drug-likeness (QED) is 0.676. The fraction of sp³-hybridized carbons (Fsp3) is 0.158. The van der Waals surface area contributed by atoms with Crippen molar-refractivity contribution in [3.63, 3.8) is 0 Å². The minimum absolute atomic E-state index is 0.302. The summed E-state index contributed by atoms with van der Waals surface area (Å²) in [7, 11) is 0. The number of benzene rings is 2. The zero-order valence-corrected chi connectivity index (χ0v) is 11.8. The Hall–Kier alpha value is -2.22. The highest BCUT2D eigenvalue weighted by Crippen LogP contribution is 2.41. The molecule has 0 bridgehead atoms. The first-order valence-corrected chi connectivity index (χ1v) is 6.99. The van der Waals surface area contributed by atoms with E-state index in [0.29, 0.717) is 17.5 Å². The van der Waals surface area contributed by atoms with Crippen LogP contribution in [0.5, 0.6) is 0 Å². The van der Waals surface area contributed by atoms with Gasteiger partial charge in [0.25, 0.3) is 0 Å². The molecule has 2 aromatic rings. The molecular formula is C19H16F2. The van der Waals surface area contributed by atoms with Crippen LogP contribution in [0.2, 0.25) is 0 Å². The summed E-state index contributed by atoms with van der Waals surface area (Å²) in [5.74, 6) is -0.314. The van der Waals surface area contributed by atoms with E-state index in [1.165, 1.54) is 12.1 Å². The minimum atomic E-state index is -1.54. The Balaban J connectivity index is 2.15. The molecule has 2 aromatic carbocycles. The molecule has 0 aliphatic heterocycles. The van der Waals surface area contributed by atoms with Crippen LogP contribution in [0.25, 0.3) is 11.1 Å². The third-order valence-electron chi connectivity index (χ3n) is 3.76. The Morgan fingerprint density at radius 2 is 1.86 bits per heavy atom. The molecule has 21 heavy (non-hydrogen) atoms. The van der Waals surface area contributed by atoms with Gasteiger partial charge in [-0.15, -0.1) is 0 Å². The lowest BCUT2D eigenvalue weighted by molar-refractivity contribution is 0.235. The van der Waals surface area contributed by atoms with Crippen LogP contribution in [0.4, 0.5) is 8.78 Å². The largest absolute Gasteiger partial charge is 0.234 e. The lowest BCUT2D eigenvalue weighted by Crippen LogP contribution is -2.19. The maximum Gasteiger partial charge on any atom is 0.158 e. The minimum Gasteiger partial charge on any atom is -0.234 e. The molecule has 1 unspecified atom stereocenters. The van der Waals surface area contributed by atoms with Crippen molar-refractivity contribution >= 4 is 0 Å². The highest BCUT2D eigenvalue weighted by molar-refractivity contribution is 5.69. The van der Waals surface area contributed by atoms with Gasteiger partial charge in [0, 0.05) is 12.0 Å². The van der Waals surface area contributed by atoms with Crippen LogP contribution in [0, 0.1) is 5.82 Å². The average Bonchev–Trinajstić information content (AvgIpc) is 2.47. The van der Waals surface area contributed by atoms with Gasteiger partial charge >= 0.3 is 0 Å². The predicted molar refractivity (Wildman–Crippen MR) is 82.1 cm³/mol. The third-order valence-corrected chi connectivity index (χ3v) is 3.76. The Bertz CT molecular complexity index is 728.